The first kappa shape index (κ1) is 17.9. The fourth-order valence-corrected chi connectivity index (χ4v) is 4.74. The number of rotatable bonds is 4. The van der Waals surface area contributed by atoms with E-state index in [0.29, 0.717) is 23.7 Å². The van der Waals surface area contributed by atoms with Crippen LogP contribution in [0.25, 0.3) is 0 Å². The van der Waals surface area contributed by atoms with E-state index in [9.17, 15) is 13.2 Å². The van der Waals surface area contributed by atoms with Crippen molar-refractivity contribution < 1.29 is 13.2 Å². The van der Waals surface area contributed by atoms with Crippen molar-refractivity contribution in [2.24, 2.45) is 0 Å². The van der Waals surface area contributed by atoms with E-state index >= 15 is 0 Å². The fourth-order valence-electron chi connectivity index (χ4n) is 2.94. The number of hydrogen-bond donors (Lipinski definition) is 1. The van der Waals surface area contributed by atoms with Gasteiger partial charge in [0, 0.05) is 17.3 Å². The minimum Gasteiger partial charge on any atom is -0.325 e. The zero-order chi connectivity index (χ0) is 17.9. The van der Waals surface area contributed by atoms with Crippen molar-refractivity contribution in [2.45, 2.75) is 30.2 Å². The van der Waals surface area contributed by atoms with Crippen LogP contribution in [0.1, 0.15) is 19.3 Å². The molecule has 132 valence electrons. The van der Waals surface area contributed by atoms with E-state index in [-0.39, 0.29) is 10.8 Å². The Kier molecular flexibility index (Phi) is 5.42. The molecule has 0 aliphatic carbocycles. The molecule has 0 bridgehead atoms. The first-order valence-corrected chi connectivity index (χ1v) is 9.93. The van der Waals surface area contributed by atoms with Gasteiger partial charge < -0.3 is 5.32 Å². The van der Waals surface area contributed by atoms with Gasteiger partial charge in [-0.1, -0.05) is 36.2 Å². The third kappa shape index (κ3) is 4.03. The molecule has 25 heavy (non-hydrogen) atoms. The summed E-state index contributed by atoms with van der Waals surface area (Å²) in [4.78, 5) is 12.9. The van der Waals surface area contributed by atoms with Crippen LogP contribution in [0, 0.1) is 0 Å². The average Bonchev–Trinajstić information content (AvgIpc) is 2.64. The van der Waals surface area contributed by atoms with Gasteiger partial charge in [-0.2, -0.15) is 4.31 Å². The highest BCUT2D eigenvalue weighted by Crippen LogP contribution is 2.26. The predicted octanol–water partition coefficient (Wildman–Crippen LogP) is 3.52. The minimum atomic E-state index is -3.70. The summed E-state index contributed by atoms with van der Waals surface area (Å²) in [6, 6.07) is 14.3. The largest absolute Gasteiger partial charge is 0.325 e. The molecule has 0 aromatic heterocycles. The van der Waals surface area contributed by atoms with Crippen LogP contribution in [0.15, 0.2) is 59.5 Å². The highest BCUT2D eigenvalue weighted by Gasteiger charge is 2.37. The minimum absolute atomic E-state index is 0.209. The number of benzene rings is 2. The first-order chi connectivity index (χ1) is 12.0. The summed E-state index contributed by atoms with van der Waals surface area (Å²) in [6.45, 7) is 0.343. The topological polar surface area (TPSA) is 66.5 Å². The molecular weight excluding hydrogens is 360 g/mol. The predicted molar refractivity (Wildman–Crippen MR) is 98.1 cm³/mol. The zero-order valence-electron chi connectivity index (χ0n) is 13.6. The second-order valence-corrected chi connectivity index (χ2v) is 8.26. The molecule has 0 radical (unpaired) electrons. The Morgan fingerprint density at radius 2 is 1.72 bits per heavy atom. The molecule has 3 rings (SSSR count). The Morgan fingerprint density at radius 3 is 2.40 bits per heavy atom. The number of nitrogens with one attached hydrogen (secondary N) is 1. The quantitative estimate of drug-likeness (QED) is 0.885. The highest BCUT2D eigenvalue weighted by molar-refractivity contribution is 7.89. The maximum Gasteiger partial charge on any atom is 0.243 e. The lowest BCUT2D eigenvalue weighted by molar-refractivity contribution is -0.120. The number of anilines is 1. The number of piperidine rings is 1. The number of carbonyl (C=O) groups is 1. The first-order valence-electron chi connectivity index (χ1n) is 8.12. The number of halogens is 1. The Balaban J connectivity index is 1.83. The van der Waals surface area contributed by atoms with E-state index in [1.54, 1.807) is 54.6 Å². The van der Waals surface area contributed by atoms with Gasteiger partial charge in [-0.25, -0.2) is 8.42 Å². The van der Waals surface area contributed by atoms with Crippen LogP contribution in [-0.2, 0) is 14.8 Å². The molecule has 1 amide bonds. The molecule has 1 aliphatic heterocycles. The van der Waals surface area contributed by atoms with Gasteiger partial charge in [0.1, 0.15) is 6.04 Å². The Bertz CT molecular complexity index is 838. The molecule has 1 heterocycles. The normalized spacial score (nSPS) is 18.7. The van der Waals surface area contributed by atoms with Crippen molar-refractivity contribution in [2.75, 3.05) is 11.9 Å². The maximum atomic E-state index is 12.9. The van der Waals surface area contributed by atoms with Crippen LogP contribution < -0.4 is 5.32 Å². The van der Waals surface area contributed by atoms with Crippen molar-refractivity contribution in [3.8, 4) is 0 Å². The summed E-state index contributed by atoms with van der Waals surface area (Å²) >= 11 is 5.85. The second-order valence-electron chi connectivity index (χ2n) is 5.94. The van der Waals surface area contributed by atoms with Crippen LogP contribution >= 0.6 is 11.6 Å². The molecule has 1 fully saturated rings. The molecule has 1 N–H and O–H groups in total. The van der Waals surface area contributed by atoms with Gasteiger partial charge in [0.2, 0.25) is 15.9 Å². The van der Waals surface area contributed by atoms with E-state index in [2.05, 4.69) is 5.32 Å². The Morgan fingerprint density at radius 1 is 1.04 bits per heavy atom. The van der Waals surface area contributed by atoms with Gasteiger partial charge in [-0.3, -0.25) is 4.79 Å². The third-order valence-corrected chi connectivity index (χ3v) is 6.39. The molecule has 5 nitrogen and oxygen atoms in total. The molecule has 1 atom stereocenters. The molecule has 0 unspecified atom stereocenters. The van der Waals surface area contributed by atoms with E-state index in [1.807, 2.05) is 0 Å². The third-order valence-electron chi connectivity index (χ3n) is 4.22. The number of nitrogens with zero attached hydrogens (tertiary/aromatic N) is 1. The highest BCUT2D eigenvalue weighted by atomic mass is 35.5. The van der Waals surface area contributed by atoms with E-state index in [1.165, 1.54) is 4.31 Å². The molecule has 1 saturated heterocycles. The van der Waals surface area contributed by atoms with Crippen molar-refractivity contribution in [3.63, 3.8) is 0 Å². The molecular formula is C18H19ClN2O3S. The van der Waals surface area contributed by atoms with E-state index in [4.69, 9.17) is 11.6 Å². The number of hydrogen-bond acceptors (Lipinski definition) is 3. The molecule has 0 saturated carbocycles. The summed E-state index contributed by atoms with van der Waals surface area (Å²) < 4.78 is 27.2. The summed E-state index contributed by atoms with van der Waals surface area (Å²) in [6.07, 6.45) is 2.07. The fraction of sp³-hybridized carbons (Fsp3) is 0.278. The molecule has 2 aromatic carbocycles. The lowest BCUT2D eigenvalue weighted by atomic mass is 10.0. The molecule has 2 aromatic rings. The second kappa shape index (κ2) is 7.56. The Labute approximate surface area is 152 Å². The molecule has 7 heteroatoms. The van der Waals surface area contributed by atoms with E-state index in [0.717, 1.165) is 12.8 Å². The van der Waals surface area contributed by atoms with Crippen LogP contribution in [-0.4, -0.2) is 31.2 Å². The maximum absolute atomic E-state index is 12.9. The molecule has 0 spiro atoms. The lowest BCUT2D eigenvalue weighted by Crippen LogP contribution is -2.49. The van der Waals surface area contributed by atoms with Crippen LogP contribution in [0.4, 0.5) is 5.69 Å². The van der Waals surface area contributed by atoms with Crippen molar-refractivity contribution in [1.29, 1.82) is 0 Å². The van der Waals surface area contributed by atoms with Gasteiger partial charge in [-0.05, 0) is 49.2 Å². The Hall–Kier alpha value is -1.89. The van der Waals surface area contributed by atoms with Crippen molar-refractivity contribution in [1.82, 2.24) is 4.31 Å². The van der Waals surface area contributed by atoms with Gasteiger partial charge in [0.05, 0.1) is 4.90 Å². The lowest BCUT2D eigenvalue weighted by Gasteiger charge is -2.33. The van der Waals surface area contributed by atoms with Crippen molar-refractivity contribution >= 4 is 33.2 Å². The van der Waals surface area contributed by atoms with Gasteiger partial charge in [0.25, 0.3) is 0 Å². The van der Waals surface area contributed by atoms with Crippen LogP contribution in [0.5, 0.6) is 0 Å². The number of carbonyl (C=O) groups excluding carboxylic acids is 1. The summed E-state index contributed by atoms with van der Waals surface area (Å²) in [5.74, 6) is -0.318. The average molecular weight is 379 g/mol. The summed E-state index contributed by atoms with van der Waals surface area (Å²) in [5.41, 5.74) is 0.594. The van der Waals surface area contributed by atoms with E-state index < -0.39 is 16.1 Å². The van der Waals surface area contributed by atoms with Crippen molar-refractivity contribution in [3.05, 3.63) is 59.6 Å². The summed E-state index contributed by atoms with van der Waals surface area (Å²) in [5, 5.41) is 3.36. The summed E-state index contributed by atoms with van der Waals surface area (Å²) in [7, 11) is -3.70. The van der Waals surface area contributed by atoms with Gasteiger partial charge >= 0.3 is 0 Å². The monoisotopic (exact) mass is 378 g/mol. The standard InChI is InChI=1S/C18H19ClN2O3S/c19-14-9-11-15(12-10-14)20-18(22)17-8-4-5-13-21(17)25(23,24)16-6-2-1-3-7-16/h1-3,6-7,9-12,17H,4-5,8,13H2,(H,20,22)/t17-/m0/s1. The van der Waals surface area contributed by atoms with Gasteiger partial charge in [0.15, 0.2) is 0 Å². The van der Waals surface area contributed by atoms with Crippen LogP contribution in [0.3, 0.4) is 0 Å². The number of amides is 1. The van der Waals surface area contributed by atoms with Crippen LogP contribution in [0.2, 0.25) is 5.02 Å². The SMILES string of the molecule is O=C(Nc1ccc(Cl)cc1)[C@@H]1CCCCN1S(=O)(=O)c1ccccc1. The zero-order valence-corrected chi connectivity index (χ0v) is 15.1. The number of sulfonamides is 1. The molecule has 1 aliphatic rings. The van der Waals surface area contributed by atoms with Gasteiger partial charge in [-0.15, -0.1) is 0 Å². The smallest absolute Gasteiger partial charge is 0.243 e.